The van der Waals surface area contributed by atoms with Gasteiger partial charge >= 0.3 is 0 Å². The van der Waals surface area contributed by atoms with Crippen molar-refractivity contribution in [2.45, 2.75) is 33.7 Å². The number of benzene rings is 1. The summed E-state index contributed by atoms with van der Waals surface area (Å²) in [6.07, 6.45) is 1.98. The zero-order valence-electron chi connectivity index (χ0n) is 10.4. The van der Waals surface area contributed by atoms with Gasteiger partial charge in [0.2, 0.25) is 0 Å². The van der Waals surface area contributed by atoms with Crippen molar-refractivity contribution in [2.75, 3.05) is 0 Å². The lowest BCUT2D eigenvalue weighted by atomic mass is 9.94. The van der Waals surface area contributed by atoms with Gasteiger partial charge < -0.3 is 0 Å². The highest BCUT2D eigenvalue weighted by Crippen LogP contribution is 2.16. The molecule has 0 aliphatic rings. The minimum absolute atomic E-state index is 0.406. The van der Waals surface area contributed by atoms with Crippen LogP contribution in [-0.2, 0) is 0 Å². The molecular formula is C14H20BrN. The van der Waals surface area contributed by atoms with Crippen molar-refractivity contribution in [1.29, 1.82) is 0 Å². The number of rotatable bonds is 4. The fourth-order valence-electron chi connectivity index (χ4n) is 1.84. The molecule has 0 aromatic heterocycles. The van der Waals surface area contributed by atoms with Gasteiger partial charge in [0.05, 0.1) is 6.04 Å². The Morgan fingerprint density at radius 3 is 1.94 bits per heavy atom. The van der Waals surface area contributed by atoms with Gasteiger partial charge in [-0.05, 0) is 29.5 Å². The van der Waals surface area contributed by atoms with Gasteiger partial charge in [-0.15, -0.1) is 0 Å². The Balaban J connectivity index is 2.74. The van der Waals surface area contributed by atoms with Crippen molar-refractivity contribution < 1.29 is 0 Å². The molecule has 1 aromatic rings. The topological polar surface area (TPSA) is 12.4 Å². The molecule has 0 unspecified atom stereocenters. The van der Waals surface area contributed by atoms with E-state index >= 15 is 0 Å². The zero-order chi connectivity index (χ0) is 12.1. The Hall–Kier alpha value is -0.630. The highest BCUT2D eigenvalue weighted by molar-refractivity contribution is 9.10. The fraction of sp³-hybridized carbons (Fsp3) is 0.500. The molecule has 0 atom stereocenters. The van der Waals surface area contributed by atoms with Crippen molar-refractivity contribution in [2.24, 2.45) is 16.8 Å². The molecule has 1 rings (SSSR count). The van der Waals surface area contributed by atoms with Crippen molar-refractivity contribution in [1.82, 2.24) is 0 Å². The summed E-state index contributed by atoms with van der Waals surface area (Å²) in [6.45, 7) is 8.90. The van der Waals surface area contributed by atoms with Crippen molar-refractivity contribution in [3.8, 4) is 0 Å². The lowest BCUT2D eigenvalue weighted by Gasteiger charge is -2.20. The van der Waals surface area contributed by atoms with Gasteiger partial charge in [-0.3, -0.25) is 4.99 Å². The molecule has 0 saturated heterocycles. The van der Waals surface area contributed by atoms with Gasteiger partial charge in [-0.2, -0.15) is 0 Å². The van der Waals surface area contributed by atoms with E-state index < -0.39 is 0 Å². The lowest BCUT2D eigenvalue weighted by molar-refractivity contribution is 0.390. The molecule has 0 radical (unpaired) electrons. The van der Waals surface area contributed by atoms with Crippen LogP contribution in [0.2, 0.25) is 0 Å². The predicted octanol–water partition coefficient (Wildman–Crippen LogP) is 4.55. The van der Waals surface area contributed by atoms with Crippen LogP contribution in [-0.4, -0.2) is 12.3 Å². The first-order valence-electron chi connectivity index (χ1n) is 5.79. The second-order valence-electron chi connectivity index (χ2n) is 4.81. The fourth-order valence-corrected chi connectivity index (χ4v) is 2.10. The molecule has 1 aromatic carbocycles. The first kappa shape index (κ1) is 13.4. The summed E-state index contributed by atoms with van der Waals surface area (Å²) in [5, 5.41) is 0. The van der Waals surface area contributed by atoms with Crippen molar-refractivity contribution in [3.05, 3.63) is 34.3 Å². The number of hydrogen-bond acceptors (Lipinski definition) is 1. The third-order valence-electron chi connectivity index (χ3n) is 2.63. The van der Waals surface area contributed by atoms with Gasteiger partial charge in [0, 0.05) is 10.7 Å². The molecule has 0 fully saturated rings. The number of hydrogen-bond donors (Lipinski definition) is 0. The summed E-state index contributed by atoms with van der Waals surface area (Å²) in [7, 11) is 0. The third kappa shape index (κ3) is 4.09. The monoisotopic (exact) mass is 281 g/mol. The Morgan fingerprint density at radius 1 is 1.00 bits per heavy atom. The second kappa shape index (κ2) is 6.19. The van der Waals surface area contributed by atoms with Crippen LogP contribution >= 0.6 is 15.9 Å². The van der Waals surface area contributed by atoms with Crippen LogP contribution in [0, 0.1) is 11.8 Å². The van der Waals surface area contributed by atoms with Gasteiger partial charge in [0.25, 0.3) is 0 Å². The maximum absolute atomic E-state index is 4.68. The normalized spacial score (nSPS) is 12.2. The van der Waals surface area contributed by atoms with Crippen LogP contribution in [0.3, 0.4) is 0 Å². The summed E-state index contributed by atoms with van der Waals surface area (Å²) in [6, 6.07) is 8.64. The summed E-state index contributed by atoms with van der Waals surface area (Å²) in [5.74, 6) is 1.18. The Labute approximate surface area is 107 Å². The zero-order valence-corrected chi connectivity index (χ0v) is 12.0. The molecule has 0 aliphatic heterocycles. The van der Waals surface area contributed by atoms with Gasteiger partial charge in [0.1, 0.15) is 0 Å². The number of aliphatic imine (C=N–C) groups is 1. The van der Waals surface area contributed by atoms with Crippen LogP contribution in [0.5, 0.6) is 0 Å². The molecule has 0 bridgehead atoms. The molecule has 0 amide bonds. The molecule has 0 N–H and O–H groups in total. The van der Waals surface area contributed by atoms with E-state index in [-0.39, 0.29) is 0 Å². The van der Waals surface area contributed by atoms with Gasteiger partial charge in [0.15, 0.2) is 0 Å². The highest BCUT2D eigenvalue weighted by Gasteiger charge is 2.14. The number of halogens is 1. The average Bonchev–Trinajstić information content (AvgIpc) is 2.20. The lowest BCUT2D eigenvalue weighted by Crippen LogP contribution is -2.19. The molecule has 88 valence electrons. The van der Waals surface area contributed by atoms with Crippen LogP contribution < -0.4 is 0 Å². The molecule has 16 heavy (non-hydrogen) atoms. The van der Waals surface area contributed by atoms with Crippen molar-refractivity contribution in [3.63, 3.8) is 0 Å². The molecule has 0 spiro atoms. The van der Waals surface area contributed by atoms with E-state index in [0.717, 1.165) is 10.0 Å². The summed E-state index contributed by atoms with van der Waals surface area (Å²) < 4.78 is 1.11. The smallest absolute Gasteiger partial charge is 0.0545 e. The standard InChI is InChI=1S/C14H20BrN/c1-10(2)14(11(3)4)16-9-12-5-7-13(15)8-6-12/h5-11,14H,1-4H3/b16-9+. The van der Waals surface area contributed by atoms with E-state index in [1.807, 2.05) is 18.3 Å². The summed E-state index contributed by atoms with van der Waals surface area (Å²) in [4.78, 5) is 4.68. The predicted molar refractivity (Wildman–Crippen MR) is 75.2 cm³/mol. The first-order valence-corrected chi connectivity index (χ1v) is 6.58. The van der Waals surface area contributed by atoms with E-state index in [1.165, 1.54) is 0 Å². The Kier molecular flexibility index (Phi) is 5.20. The molecule has 0 saturated carbocycles. The summed E-state index contributed by atoms with van der Waals surface area (Å²) in [5.41, 5.74) is 1.16. The average molecular weight is 282 g/mol. The van der Waals surface area contributed by atoms with E-state index in [9.17, 15) is 0 Å². The SMILES string of the molecule is CC(C)C(/N=C/c1ccc(Br)cc1)C(C)C. The van der Waals surface area contributed by atoms with E-state index in [1.54, 1.807) is 0 Å². The van der Waals surface area contributed by atoms with Gasteiger partial charge in [-0.1, -0.05) is 55.8 Å². The van der Waals surface area contributed by atoms with Crippen LogP contribution in [0.25, 0.3) is 0 Å². The second-order valence-corrected chi connectivity index (χ2v) is 5.72. The molecule has 2 heteroatoms. The van der Waals surface area contributed by atoms with E-state index in [4.69, 9.17) is 0 Å². The van der Waals surface area contributed by atoms with Crippen LogP contribution in [0.15, 0.2) is 33.7 Å². The van der Waals surface area contributed by atoms with Crippen LogP contribution in [0.4, 0.5) is 0 Å². The molecule has 0 heterocycles. The van der Waals surface area contributed by atoms with Crippen molar-refractivity contribution >= 4 is 22.1 Å². The third-order valence-corrected chi connectivity index (χ3v) is 3.16. The minimum Gasteiger partial charge on any atom is -0.289 e. The molecule has 0 aliphatic carbocycles. The quantitative estimate of drug-likeness (QED) is 0.718. The van der Waals surface area contributed by atoms with E-state index in [0.29, 0.717) is 17.9 Å². The largest absolute Gasteiger partial charge is 0.289 e. The Bertz CT molecular complexity index is 330. The molecule has 1 nitrogen and oxygen atoms in total. The Morgan fingerprint density at radius 2 is 1.50 bits per heavy atom. The van der Waals surface area contributed by atoms with Crippen LogP contribution in [0.1, 0.15) is 33.3 Å². The molecular weight excluding hydrogens is 262 g/mol. The van der Waals surface area contributed by atoms with Gasteiger partial charge in [-0.25, -0.2) is 0 Å². The van der Waals surface area contributed by atoms with E-state index in [2.05, 4.69) is 60.8 Å². The number of nitrogens with zero attached hydrogens (tertiary/aromatic N) is 1. The minimum atomic E-state index is 0.406. The highest BCUT2D eigenvalue weighted by atomic mass is 79.9. The summed E-state index contributed by atoms with van der Waals surface area (Å²) >= 11 is 3.43. The maximum atomic E-state index is 4.68. The first-order chi connectivity index (χ1) is 7.50. The maximum Gasteiger partial charge on any atom is 0.0545 e.